The van der Waals surface area contributed by atoms with E-state index in [1.54, 1.807) is 6.92 Å². The Morgan fingerprint density at radius 2 is 2.38 bits per heavy atom. The number of rotatable bonds is 4. The second-order valence-electron chi connectivity index (χ2n) is 4.57. The van der Waals surface area contributed by atoms with Crippen LogP contribution in [0, 0.1) is 0 Å². The number of aliphatic hydroxyl groups is 1. The fourth-order valence-corrected chi connectivity index (χ4v) is 1.89. The van der Waals surface area contributed by atoms with Gasteiger partial charge in [0.25, 0.3) is 0 Å². The van der Waals surface area contributed by atoms with Crippen LogP contribution in [0.1, 0.15) is 13.8 Å². The molecule has 0 aromatic heterocycles. The Bertz CT molecular complexity index is 233. The van der Waals surface area contributed by atoms with Crippen molar-refractivity contribution in [2.45, 2.75) is 26.1 Å². The van der Waals surface area contributed by atoms with Gasteiger partial charge >= 0.3 is 0 Å². The van der Waals surface area contributed by atoms with Gasteiger partial charge in [-0.1, -0.05) is 0 Å². The van der Waals surface area contributed by atoms with Crippen LogP contribution in [-0.2, 0) is 9.53 Å². The van der Waals surface area contributed by atoms with E-state index in [4.69, 9.17) is 4.74 Å². The summed E-state index contributed by atoms with van der Waals surface area (Å²) in [5.74, 6) is 0.110. The summed E-state index contributed by atoms with van der Waals surface area (Å²) in [6, 6.07) is 0. The molecule has 0 saturated carbocycles. The highest BCUT2D eigenvalue weighted by Gasteiger charge is 2.22. The molecule has 2 unspecified atom stereocenters. The molecule has 1 heterocycles. The molecule has 5 nitrogen and oxygen atoms in total. The van der Waals surface area contributed by atoms with Crippen LogP contribution in [0.5, 0.6) is 0 Å². The van der Waals surface area contributed by atoms with Gasteiger partial charge in [0.05, 0.1) is 25.4 Å². The van der Waals surface area contributed by atoms with E-state index < -0.39 is 6.10 Å². The Balaban J connectivity index is 2.33. The third-order valence-electron chi connectivity index (χ3n) is 2.57. The molecular formula is C11H22N2O3. The number of carbonyl (C=O) groups excluding carboxylic acids is 1. The Hall–Kier alpha value is -0.650. The summed E-state index contributed by atoms with van der Waals surface area (Å²) >= 11 is 0. The van der Waals surface area contributed by atoms with E-state index in [0.29, 0.717) is 32.8 Å². The lowest BCUT2D eigenvalue weighted by Crippen LogP contribution is -2.48. The van der Waals surface area contributed by atoms with E-state index in [0.717, 1.165) is 0 Å². The first-order valence-electron chi connectivity index (χ1n) is 5.75. The zero-order valence-electron chi connectivity index (χ0n) is 10.3. The quantitative estimate of drug-likeness (QED) is 0.710. The molecule has 1 saturated heterocycles. The zero-order chi connectivity index (χ0) is 12.1. The van der Waals surface area contributed by atoms with Crippen LogP contribution >= 0.6 is 0 Å². The lowest BCUT2D eigenvalue weighted by Gasteiger charge is -2.32. The Kier molecular flexibility index (Phi) is 5.18. The van der Waals surface area contributed by atoms with Gasteiger partial charge in [0.2, 0.25) is 5.91 Å². The van der Waals surface area contributed by atoms with E-state index in [1.807, 2.05) is 23.8 Å². The first-order valence-corrected chi connectivity index (χ1v) is 5.75. The van der Waals surface area contributed by atoms with Gasteiger partial charge in [0.1, 0.15) is 0 Å². The minimum atomic E-state index is -0.401. The minimum absolute atomic E-state index is 0.110. The highest BCUT2D eigenvalue weighted by Crippen LogP contribution is 2.05. The van der Waals surface area contributed by atoms with Crippen molar-refractivity contribution >= 4 is 5.91 Å². The maximum Gasteiger partial charge on any atom is 0.236 e. The van der Waals surface area contributed by atoms with Crippen LogP contribution in [0.2, 0.25) is 0 Å². The highest BCUT2D eigenvalue weighted by atomic mass is 16.5. The van der Waals surface area contributed by atoms with Gasteiger partial charge in [-0.15, -0.1) is 0 Å². The standard InChI is InChI=1S/C11H22N2O3/c1-9(14)6-12(3)8-11(15)13-4-5-16-10(2)7-13/h9-10,14H,4-8H2,1-3H3. The topological polar surface area (TPSA) is 53.0 Å². The van der Waals surface area contributed by atoms with E-state index in [1.165, 1.54) is 0 Å². The molecule has 0 aliphatic carbocycles. The van der Waals surface area contributed by atoms with Gasteiger partial charge in [-0.2, -0.15) is 0 Å². The monoisotopic (exact) mass is 230 g/mol. The summed E-state index contributed by atoms with van der Waals surface area (Å²) in [4.78, 5) is 15.5. The molecule has 0 spiro atoms. The Morgan fingerprint density at radius 1 is 1.69 bits per heavy atom. The average molecular weight is 230 g/mol. The molecule has 94 valence electrons. The predicted molar refractivity (Wildman–Crippen MR) is 61.2 cm³/mol. The normalized spacial score (nSPS) is 23.6. The second kappa shape index (κ2) is 6.18. The van der Waals surface area contributed by atoms with Crippen LogP contribution in [-0.4, -0.2) is 72.9 Å². The fourth-order valence-electron chi connectivity index (χ4n) is 1.89. The van der Waals surface area contributed by atoms with Crippen molar-refractivity contribution in [1.82, 2.24) is 9.80 Å². The number of amides is 1. The van der Waals surface area contributed by atoms with Gasteiger partial charge in [-0.25, -0.2) is 0 Å². The highest BCUT2D eigenvalue weighted by molar-refractivity contribution is 5.78. The number of hydrogen-bond acceptors (Lipinski definition) is 4. The number of carbonyl (C=O) groups is 1. The van der Waals surface area contributed by atoms with Gasteiger partial charge in [-0.05, 0) is 20.9 Å². The molecule has 1 rings (SSSR count). The van der Waals surface area contributed by atoms with Crippen molar-refractivity contribution in [2.24, 2.45) is 0 Å². The lowest BCUT2D eigenvalue weighted by atomic mass is 10.3. The van der Waals surface area contributed by atoms with Crippen molar-refractivity contribution < 1.29 is 14.6 Å². The summed E-state index contributed by atoms with van der Waals surface area (Å²) in [6.07, 6.45) is -0.277. The smallest absolute Gasteiger partial charge is 0.236 e. The maximum absolute atomic E-state index is 11.9. The van der Waals surface area contributed by atoms with Crippen molar-refractivity contribution in [3.63, 3.8) is 0 Å². The average Bonchev–Trinajstić information content (AvgIpc) is 2.16. The molecule has 2 atom stereocenters. The summed E-state index contributed by atoms with van der Waals surface area (Å²) in [5.41, 5.74) is 0. The molecule has 1 amide bonds. The summed E-state index contributed by atoms with van der Waals surface area (Å²) < 4.78 is 5.38. The zero-order valence-corrected chi connectivity index (χ0v) is 10.3. The SMILES string of the molecule is CC(O)CN(C)CC(=O)N1CCOC(C)C1. The molecule has 0 aromatic carbocycles. The minimum Gasteiger partial charge on any atom is -0.392 e. The van der Waals surface area contributed by atoms with Crippen molar-refractivity contribution in [2.75, 3.05) is 39.8 Å². The van der Waals surface area contributed by atoms with Crippen LogP contribution in [0.25, 0.3) is 0 Å². The third-order valence-corrected chi connectivity index (χ3v) is 2.57. The number of ether oxygens (including phenoxy) is 1. The third kappa shape index (κ3) is 4.47. The molecule has 1 aliphatic rings. The summed E-state index contributed by atoms with van der Waals surface area (Å²) in [6.45, 7) is 6.53. The number of hydrogen-bond donors (Lipinski definition) is 1. The molecule has 0 radical (unpaired) electrons. The Labute approximate surface area is 97.0 Å². The van der Waals surface area contributed by atoms with Gasteiger partial charge < -0.3 is 14.7 Å². The predicted octanol–water partition coefficient (Wildman–Crippen LogP) is -0.454. The molecule has 1 N–H and O–H groups in total. The largest absolute Gasteiger partial charge is 0.392 e. The van der Waals surface area contributed by atoms with Crippen molar-refractivity contribution in [1.29, 1.82) is 0 Å². The van der Waals surface area contributed by atoms with E-state index in [-0.39, 0.29) is 12.0 Å². The maximum atomic E-state index is 11.9. The molecule has 16 heavy (non-hydrogen) atoms. The lowest BCUT2D eigenvalue weighted by molar-refractivity contribution is -0.139. The van der Waals surface area contributed by atoms with Gasteiger partial charge in [0, 0.05) is 19.6 Å². The molecule has 1 aliphatic heterocycles. The second-order valence-corrected chi connectivity index (χ2v) is 4.57. The van der Waals surface area contributed by atoms with Crippen LogP contribution in [0.4, 0.5) is 0 Å². The number of likely N-dealkylation sites (N-methyl/N-ethyl adjacent to an activating group) is 1. The number of aliphatic hydroxyl groups excluding tert-OH is 1. The van der Waals surface area contributed by atoms with E-state index in [2.05, 4.69) is 0 Å². The summed E-state index contributed by atoms with van der Waals surface area (Å²) in [7, 11) is 1.84. The Morgan fingerprint density at radius 3 is 2.94 bits per heavy atom. The molecular weight excluding hydrogens is 208 g/mol. The summed E-state index contributed by atoms with van der Waals surface area (Å²) in [5, 5.41) is 9.20. The molecule has 0 bridgehead atoms. The van der Waals surface area contributed by atoms with Crippen LogP contribution < -0.4 is 0 Å². The van der Waals surface area contributed by atoms with Crippen LogP contribution in [0.3, 0.4) is 0 Å². The van der Waals surface area contributed by atoms with Gasteiger partial charge in [-0.3, -0.25) is 9.69 Å². The molecule has 0 aromatic rings. The van der Waals surface area contributed by atoms with Crippen molar-refractivity contribution in [3.8, 4) is 0 Å². The molecule has 1 fully saturated rings. The van der Waals surface area contributed by atoms with E-state index in [9.17, 15) is 9.90 Å². The molecule has 5 heteroatoms. The first-order chi connectivity index (χ1) is 7.49. The number of morpholine rings is 1. The van der Waals surface area contributed by atoms with Gasteiger partial charge in [0.15, 0.2) is 0 Å². The number of nitrogens with zero attached hydrogens (tertiary/aromatic N) is 2. The first kappa shape index (κ1) is 13.4. The van der Waals surface area contributed by atoms with Crippen molar-refractivity contribution in [3.05, 3.63) is 0 Å². The fraction of sp³-hybridized carbons (Fsp3) is 0.909. The van der Waals surface area contributed by atoms with Crippen LogP contribution in [0.15, 0.2) is 0 Å². The van der Waals surface area contributed by atoms with E-state index >= 15 is 0 Å².